The van der Waals surface area contributed by atoms with Crippen LogP contribution in [0.5, 0.6) is 0 Å². The maximum atomic E-state index is 13.6. The molecule has 0 aromatic heterocycles. The van der Waals surface area contributed by atoms with Crippen LogP contribution >= 0.6 is 11.6 Å². The van der Waals surface area contributed by atoms with E-state index in [1.807, 2.05) is 6.92 Å². The summed E-state index contributed by atoms with van der Waals surface area (Å²) >= 11 is 6.20. The van der Waals surface area contributed by atoms with Crippen molar-refractivity contribution in [2.75, 3.05) is 23.7 Å². The van der Waals surface area contributed by atoms with Gasteiger partial charge >= 0.3 is 0 Å². The lowest BCUT2D eigenvalue weighted by molar-refractivity contribution is -0.140. The highest BCUT2D eigenvalue weighted by molar-refractivity contribution is 7.92. The van der Waals surface area contributed by atoms with E-state index >= 15 is 0 Å². The summed E-state index contributed by atoms with van der Waals surface area (Å²) in [5, 5.41) is 3.22. The predicted molar refractivity (Wildman–Crippen MR) is 137 cm³/mol. The summed E-state index contributed by atoms with van der Waals surface area (Å²) in [6.45, 7) is 5.44. The number of hydrogen-bond donors (Lipinski definition) is 1. The summed E-state index contributed by atoms with van der Waals surface area (Å²) in [6.07, 6.45) is 3.03. The first-order valence-corrected chi connectivity index (χ1v) is 13.8. The highest BCUT2D eigenvalue weighted by Gasteiger charge is 2.32. The Balaban J connectivity index is 2.43. The topological polar surface area (TPSA) is 86.8 Å². The Morgan fingerprint density at radius 1 is 1.11 bits per heavy atom. The molecule has 0 heterocycles. The number of carbonyl (C=O) groups is 2. The van der Waals surface area contributed by atoms with Crippen molar-refractivity contribution in [2.45, 2.75) is 52.6 Å². The molecule has 2 aromatic rings. The van der Waals surface area contributed by atoms with Gasteiger partial charge in [-0.1, -0.05) is 50.1 Å². The van der Waals surface area contributed by atoms with Gasteiger partial charge in [0.2, 0.25) is 21.8 Å². The van der Waals surface area contributed by atoms with E-state index in [2.05, 4.69) is 5.32 Å². The molecule has 0 aliphatic rings. The van der Waals surface area contributed by atoms with Gasteiger partial charge < -0.3 is 10.2 Å². The smallest absolute Gasteiger partial charge is 0.244 e. The SMILES string of the molecule is CCCCNC(=O)C(CC)N(Cc1ccc(F)cc1)C(=O)CN(c1cccc(Cl)c1C)S(C)(=O)=O. The standard InChI is InChI=1S/C25H33ClFN3O4S/c1-5-7-15-28-25(32)22(6-2)29(16-19-11-13-20(27)14-12-19)24(31)17-30(35(4,33)34)23-10-8-9-21(26)18(23)3/h8-14,22H,5-7,15-17H2,1-4H3,(H,28,32). The van der Waals surface area contributed by atoms with Gasteiger partial charge in [0.1, 0.15) is 18.4 Å². The molecular formula is C25H33ClFN3O4S. The van der Waals surface area contributed by atoms with Crippen molar-refractivity contribution in [3.63, 3.8) is 0 Å². The highest BCUT2D eigenvalue weighted by atomic mass is 35.5. The molecule has 35 heavy (non-hydrogen) atoms. The number of halogens is 2. The number of hydrogen-bond acceptors (Lipinski definition) is 4. The summed E-state index contributed by atoms with van der Waals surface area (Å²) in [7, 11) is -3.86. The van der Waals surface area contributed by atoms with Gasteiger partial charge in [-0.3, -0.25) is 13.9 Å². The van der Waals surface area contributed by atoms with Crippen molar-refractivity contribution in [1.29, 1.82) is 0 Å². The zero-order chi connectivity index (χ0) is 26.2. The van der Waals surface area contributed by atoms with Crippen LogP contribution in [0.4, 0.5) is 10.1 Å². The zero-order valence-electron chi connectivity index (χ0n) is 20.6. The largest absolute Gasteiger partial charge is 0.354 e. The van der Waals surface area contributed by atoms with Crippen LogP contribution in [0.1, 0.15) is 44.2 Å². The van der Waals surface area contributed by atoms with E-state index in [0.29, 0.717) is 29.1 Å². The van der Waals surface area contributed by atoms with E-state index in [1.54, 1.807) is 32.0 Å². The Kier molecular flexibility index (Phi) is 10.5. The van der Waals surface area contributed by atoms with Gasteiger partial charge in [-0.05, 0) is 55.2 Å². The molecule has 0 spiro atoms. The summed E-state index contributed by atoms with van der Waals surface area (Å²) < 4.78 is 39.8. The average molecular weight is 526 g/mol. The molecule has 1 unspecified atom stereocenters. The minimum atomic E-state index is -3.86. The van der Waals surface area contributed by atoms with Gasteiger partial charge in [-0.25, -0.2) is 12.8 Å². The number of benzene rings is 2. The van der Waals surface area contributed by atoms with Crippen molar-refractivity contribution in [1.82, 2.24) is 10.2 Å². The Hall–Kier alpha value is -2.65. The summed E-state index contributed by atoms with van der Waals surface area (Å²) in [5.74, 6) is -1.30. The fourth-order valence-corrected chi connectivity index (χ4v) is 4.74. The van der Waals surface area contributed by atoms with Crippen molar-refractivity contribution >= 4 is 39.1 Å². The van der Waals surface area contributed by atoms with Crippen molar-refractivity contribution in [2.24, 2.45) is 0 Å². The minimum Gasteiger partial charge on any atom is -0.354 e. The lowest BCUT2D eigenvalue weighted by Gasteiger charge is -2.33. The van der Waals surface area contributed by atoms with Gasteiger partial charge in [0.15, 0.2) is 0 Å². The molecular weight excluding hydrogens is 493 g/mol. The number of sulfonamides is 1. The van der Waals surface area contributed by atoms with Crippen LogP contribution in [0.2, 0.25) is 5.02 Å². The van der Waals surface area contributed by atoms with Crippen LogP contribution < -0.4 is 9.62 Å². The Bertz CT molecular complexity index is 1130. The van der Waals surface area contributed by atoms with Gasteiger partial charge in [0, 0.05) is 18.1 Å². The summed E-state index contributed by atoms with van der Waals surface area (Å²) in [6, 6.07) is 9.62. The van der Waals surface area contributed by atoms with E-state index in [9.17, 15) is 22.4 Å². The quantitative estimate of drug-likeness (QED) is 0.419. The highest BCUT2D eigenvalue weighted by Crippen LogP contribution is 2.28. The molecule has 192 valence electrons. The second kappa shape index (κ2) is 12.9. The third-order valence-electron chi connectivity index (χ3n) is 5.67. The molecule has 10 heteroatoms. The number of nitrogens with one attached hydrogen (secondary N) is 1. The summed E-state index contributed by atoms with van der Waals surface area (Å²) in [5.41, 5.74) is 1.42. The molecule has 1 N–H and O–H groups in total. The zero-order valence-corrected chi connectivity index (χ0v) is 22.1. The van der Waals surface area contributed by atoms with Crippen LogP contribution in [0.25, 0.3) is 0 Å². The van der Waals surface area contributed by atoms with E-state index in [0.717, 1.165) is 23.4 Å². The first kappa shape index (κ1) is 28.6. The first-order chi connectivity index (χ1) is 16.5. The molecule has 1 atom stereocenters. The summed E-state index contributed by atoms with van der Waals surface area (Å²) in [4.78, 5) is 27.9. The molecule has 2 rings (SSSR count). The van der Waals surface area contributed by atoms with Crippen molar-refractivity contribution in [3.05, 3.63) is 64.4 Å². The molecule has 2 aromatic carbocycles. The van der Waals surface area contributed by atoms with Crippen LogP contribution in [-0.2, 0) is 26.2 Å². The molecule has 0 aliphatic heterocycles. The van der Waals surface area contributed by atoms with Gasteiger partial charge in [-0.15, -0.1) is 0 Å². The fraction of sp³-hybridized carbons (Fsp3) is 0.440. The molecule has 0 aliphatic carbocycles. The van der Waals surface area contributed by atoms with Gasteiger partial charge in [0.25, 0.3) is 0 Å². The van der Waals surface area contributed by atoms with E-state index in [4.69, 9.17) is 11.6 Å². The fourth-order valence-electron chi connectivity index (χ4n) is 3.67. The Morgan fingerprint density at radius 2 is 1.77 bits per heavy atom. The van der Waals surface area contributed by atoms with E-state index < -0.39 is 34.3 Å². The number of nitrogens with zero attached hydrogens (tertiary/aromatic N) is 2. The molecule has 7 nitrogen and oxygen atoms in total. The molecule has 0 saturated carbocycles. The second-order valence-electron chi connectivity index (χ2n) is 8.37. The third kappa shape index (κ3) is 7.93. The lowest BCUT2D eigenvalue weighted by Crippen LogP contribution is -2.52. The maximum Gasteiger partial charge on any atom is 0.244 e. The molecule has 0 saturated heterocycles. The first-order valence-electron chi connectivity index (χ1n) is 11.5. The van der Waals surface area contributed by atoms with Crippen LogP contribution in [0.3, 0.4) is 0 Å². The monoisotopic (exact) mass is 525 g/mol. The number of carbonyl (C=O) groups excluding carboxylic acids is 2. The number of anilines is 1. The predicted octanol–water partition coefficient (Wildman–Crippen LogP) is 4.28. The average Bonchev–Trinajstić information content (AvgIpc) is 2.80. The van der Waals surface area contributed by atoms with Gasteiger partial charge in [-0.2, -0.15) is 0 Å². The number of rotatable bonds is 12. The van der Waals surface area contributed by atoms with Crippen molar-refractivity contribution in [3.8, 4) is 0 Å². The lowest BCUT2D eigenvalue weighted by atomic mass is 10.1. The number of unbranched alkanes of at least 4 members (excludes halogenated alkanes) is 1. The number of amides is 2. The van der Waals surface area contributed by atoms with Gasteiger partial charge in [0.05, 0.1) is 11.9 Å². The van der Waals surface area contributed by atoms with E-state index in [-0.39, 0.29) is 18.1 Å². The van der Waals surface area contributed by atoms with Crippen molar-refractivity contribution < 1.29 is 22.4 Å². The maximum absolute atomic E-state index is 13.6. The Morgan fingerprint density at radius 3 is 2.34 bits per heavy atom. The minimum absolute atomic E-state index is 0.0188. The second-order valence-corrected chi connectivity index (χ2v) is 10.7. The molecule has 0 radical (unpaired) electrons. The molecule has 0 bridgehead atoms. The normalized spacial score (nSPS) is 12.2. The van der Waals surface area contributed by atoms with Crippen LogP contribution in [-0.4, -0.2) is 50.5 Å². The third-order valence-corrected chi connectivity index (χ3v) is 7.20. The Labute approximate surface area is 212 Å². The molecule has 0 fully saturated rings. The van der Waals surface area contributed by atoms with Crippen LogP contribution in [0.15, 0.2) is 42.5 Å². The van der Waals surface area contributed by atoms with Crippen LogP contribution in [0, 0.1) is 12.7 Å². The van der Waals surface area contributed by atoms with E-state index in [1.165, 1.54) is 29.2 Å². The molecule has 2 amide bonds.